The van der Waals surface area contributed by atoms with Gasteiger partial charge in [0.15, 0.2) is 0 Å². The van der Waals surface area contributed by atoms with Crippen molar-refractivity contribution in [3.05, 3.63) is 89.4 Å². The van der Waals surface area contributed by atoms with Crippen LogP contribution in [0.1, 0.15) is 48.5 Å². The van der Waals surface area contributed by atoms with Gasteiger partial charge in [-0.05, 0) is 54.8 Å². The van der Waals surface area contributed by atoms with Crippen molar-refractivity contribution >= 4 is 29.2 Å². The van der Waals surface area contributed by atoms with Gasteiger partial charge in [0.25, 0.3) is 11.8 Å². The maximum atomic E-state index is 14.5. The average Bonchev–Trinajstić information content (AvgIpc) is 3.32. The Bertz CT molecular complexity index is 1550. The molecule has 1 aromatic heterocycles. The number of nitrogens with zero attached hydrogens (tertiary/aromatic N) is 4. The molecule has 0 spiro atoms. The van der Waals surface area contributed by atoms with E-state index in [-0.39, 0.29) is 30.0 Å². The molecule has 1 aliphatic carbocycles. The number of hydrogen-bond acceptors (Lipinski definition) is 5. The first-order valence-corrected chi connectivity index (χ1v) is 13.1. The fourth-order valence-corrected chi connectivity index (χ4v) is 5.35. The lowest BCUT2D eigenvalue weighted by atomic mass is 9.87. The van der Waals surface area contributed by atoms with Crippen LogP contribution in [0, 0.1) is 24.1 Å². The van der Waals surface area contributed by atoms with Gasteiger partial charge in [-0.15, -0.1) is 0 Å². The molecular formula is C30H26F3N5O3. The molecule has 1 aliphatic heterocycles. The number of carbonyl (C=O) groups is 3. The van der Waals surface area contributed by atoms with Crippen molar-refractivity contribution in [2.45, 2.75) is 56.7 Å². The molecule has 2 aromatic carbocycles. The number of aromatic nitrogens is 1. The van der Waals surface area contributed by atoms with Crippen LogP contribution in [0.25, 0.3) is 0 Å². The van der Waals surface area contributed by atoms with Crippen molar-refractivity contribution in [3.63, 3.8) is 0 Å². The maximum absolute atomic E-state index is 14.5. The number of halogens is 3. The number of nitrogens with one attached hydrogen (secondary N) is 1. The van der Waals surface area contributed by atoms with Crippen LogP contribution in [0.15, 0.2) is 66.7 Å². The lowest BCUT2D eigenvalue weighted by Crippen LogP contribution is -2.56. The summed E-state index contributed by atoms with van der Waals surface area (Å²) in [5, 5.41) is 11.9. The second kappa shape index (κ2) is 11.0. The first-order valence-electron chi connectivity index (χ1n) is 13.1. The summed E-state index contributed by atoms with van der Waals surface area (Å²) in [6, 6.07) is 15.1. The summed E-state index contributed by atoms with van der Waals surface area (Å²) in [5.41, 5.74) is 1.15. The van der Waals surface area contributed by atoms with Crippen molar-refractivity contribution in [3.8, 4) is 6.07 Å². The summed E-state index contributed by atoms with van der Waals surface area (Å²) in [7, 11) is 0. The van der Waals surface area contributed by atoms with Crippen molar-refractivity contribution in [2.24, 2.45) is 0 Å². The van der Waals surface area contributed by atoms with E-state index in [1.807, 2.05) is 6.07 Å². The lowest BCUT2D eigenvalue weighted by Gasteiger charge is -2.39. The maximum Gasteiger partial charge on any atom is 0.252 e. The summed E-state index contributed by atoms with van der Waals surface area (Å²) in [4.78, 5) is 47.8. The topological polar surface area (TPSA) is 106 Å². The van der Waals surface area contributed by atoms with Crippen LogP contribution < -0.4 is 15.1 Å². The van der Waals surface area contributed by atoms with Crippen molar-refractivity contribution in [1.82, 2.24) is 10.3 Å². The monoisotopic (exact) mass is 561 g/mol. The number of anilines is 2. The average molecular weight is 562 g/mol. The molecule has 2 aliphatic rings. The third-order valence-electron chi connectivity index (χ3n) is 7.34. The van der Waals surface area contributed by atoms with Gasteiger partial charge in [-0.2, -0.15) is 5.26 Å². The van der Waals surface area contributed by atoms with E-state index in [0.29, 0.717) is 11.1 Å². The Balaban J connectivity index is 1.61. The Labute approximate surface area is 234 Å². The van der Waals surface area contributed by atoms with Gasteiger partial charge >= 0.3 is 0 Å². The van der Waals surface area contributed by atoms with E-state index in [1.54, 1.807) is 31.2 Å². The Morgan fingerprint density at radius 1 is 1.12 bits per heavy atom. The predicted molar refractivity (Wildman–Crippen MR) is 143 cm³/mol. The molecule has 11 heteroatoms. The van der Waals surface area contributed by atoms with Crippen LogP contribution >= 0.6 is 0 Å². The van der Waals surface area contributed by atoms with Gasteiger partial charge < -0.3 is 5.32 Å². The number of aryl methyl sites for hydroxylation is 1. The molecule has 0 radical (unpaired) electrons. The molecule has 41 heavy (non-hydrogen) atoms. The minimum Gasteiger partial charge on any atom is -0.351 e. The Morgan fingerprint density at radius 3 is 2.54 bits per heavy atom. The molecule has 210 valence electrons. The summed E-state index contributed by atoms with van der Waals surface area (Å²) in [5.74, 6) is -5.25. The molecule has 2 atom stereocenters. The van der Waals surface area contributed by atoms with Crippen LogP contribution in [0.3, 0.4) is 0 Å². The molecule has 8 nitrogen and oxygen atoms in total. The summed E-state index contributed by atoms with van der Waals surface area (Å²) < 4.78 is 41.7. The van der Waals surface area contributed by atoms with Gasteiger partial charge in [0.05, 0.1) is 0 Å². The summed E-state index contributed by atoms with van der Waals surface area (Å²) in [6.07, 6.45) is -0.971. The predicted octanol–water partition coefficient (Wildman–Crippen LogP) is 4.58. The number of amides is 3. The van der Waals surface area contributed by atoms with Crippen LogP contribution in [-0.4, -0.2) is 40.7 Å². The minimum absolute atomic E-state index is 0.00421. The Morgan fingerprint density at radius 2 is 1.85 bits per heavy atom. The molecule has 1 saturated heterocycles. The summed E-state index contributed by atoms with van der Waals surface area (Å²) >= 11 is 0. The van der Waals surface area contributed by atoms with E-state index in [0.717, 1.165) is 11.0 Å². The lowest BCUT2D eigenvalue weighted by molar-refractivity contribution is -0.133. The number of hydrogen-bond donors (Lipinski definition) is 1. The SMILES string of the molecule is Cc1ccccc1C(C(=O)NC1CC(F)(F)C1)N(C(=O)[C@@H]1CCC(=O)N1c1cccc(C#N)n1)c1cccc(F)c1. The quantitative estimate of drug-likeness (QED) is 0.455. The first-order chi connectivity index (χ1) is 19.6. The molecule has 5 rings (SSSR count). The Kier molecular flexibility index (Phi) is 7.49. The van der Waals surface area contributed by atoms with Gasteiger partial charge in [0.1, 0.15) is 35.5 Å². The van der Waals surface area contributed by atoms with Gasteiger partial charge in [0, 0.05) is 31.0 Å². The molecule has 1 N–H and O–H groups in total. The highest BCUT2D eigenvalue weighted by molar-refractivity contribution is 6.10. The van der Waals surface area contributed by atoms with E-state index in [4.69, 9.17) is 0 Å². The van der Waals surface area contributed by atoms with Crippen molar-refractivity contribution < 1.29 is 27.6 Å². The highest BCUT2D eigenvalue weighted by atomic mass is 19.3. The number of nitriles is 1. The number of benzene rings is 2. The van der Waals surface area contributed by atoms with Crippen LogP contribution in [0.5, 0.6) is 0 Å². The minimum atomic E-state index is -2.89. The molecule has 2 heterocycles. The fraction of sp³-hybridized carbons (Fsp3) is 0.300. The zero-order valence-corrected chi connectivity index (χ0v) is 22.1. The number of pyridine rings is 1. The highest BCUT2D eigenvalue weighted by Crippen LogP contribution is 2.39. The normalized spacial score (nSPS) is 18.8. The van der Waals surface area contributed by atoms with Gasteiger partial charge in [0.2, 0.25) is 11.8 Å². The largest absolute Gasteiger partial charge is 0.351 e. The third kappa shape index (κ3) is 5.63. The van der Waals surface area contributed by atoms with E-state index < -0.39 is 60.4 Å². The standard InChI is InChI=1S/C30H26F3N5O3/c1-18-6-2-3-10-23(18)27(28(40)36-21-15-30(32,33)16-21)37(22-9-4-7-19(31)14-22)29(41)24-12-13-26(39)38(24)25-11-5-8-20(17-34)35-25/h2-11,14,21,24,27H,12-13,15-16H2,1H3,(H,36,40)/t24-,27?/m0/s1. The van der Waals surface area contributed by atoms with Crippen molar-refractivity contribution in [1.29, 1.82) is 5.26 Å². The van der Waals surface area contributed by atoms with E-state index in [2.05, 4.69) is 10.3 Å². The zero-order valence-electron chi connectivity index (χ0n) is 22.1. The second-order valence-corrected chi connectivity index (χ2v) is 10.2. The number of carbonyl (C=O) groups excluding carboxylic acids is 3. The molecule has 3 aromatic rings. The third-order valence-corrected chi connectivity index (χ3v) is 7.34. The smallest absolute Gasteiger partial charge is 0.252 e. The van der Waals surface area contributed by atoms with E-state index in [9.17, 15) is 32.8 Å². The van der Waals surface area contributed by atoms with Crippen LogP contribution in [-0.2, 0) is 14.4 Å². The van der Waals surface area contributed by atoms with E-state index in [1.165, 1.54) is 41.3 Å². The first kappa shape index (κ1) is 27.8. The molecule has 2 fully saturated rings. The van der Waals surface area contributed by atoms with E-state index >= 15 is 0 Å². The number of rotatable bonds is 7. The fourth-order valence-electron chi connectivity index (χ4n) is 5.35. The molecule has 3 amide bonds. The van der Waals surface area contributed by atoms with Gasteiger partial charge in [-0.25, -0.2) is 18.2 Å². The highest BCUT2D eigenvalue weighted by Gasteiger charge is 2.48. The second-order valence-electron chi connectivity index (χ2n) is 10.2. The summed E-state index contributed by atoms with van der Waals surface area (Å²) in [6.45, 7) is 1.74. The molecule has 1 saturated carbocycles. The Hall–Kier alpha value is -4.72. The van der Waals surface area contributed by atoms with Gasteiger partial charge in [-0.3, -0.25) is 24.2 Å². The van der Waals surface area contributed by atoms with Crippen molar-refractivity contribution in [2.75, 3.05) is 9.80 Å². The molecular weight excluding hydrogens is 535 g/mol. The van der Waals surface area contributed by atoms with Crippen LogP contribution in [0.2, 0.25) is 0 Å². The molecule has 1 unspecified atom stereocenters. The zero-order chi connectivity index (χ0) is 29.3. The van der Waals surface area contributed by atoms with Gasteiger partial charge in [-0.1, -0.05) is 36.4 Å². The van der Waals surface area contributed by atoms with Crippen LogP contribution in [0.4, 0.5) is 24.7 Å². The molecule has 0 bridgehead atoms. The number of alkyl halides is 2.